The fourth-order valence-corrected chi connectivity index (χ4v) is 4.01. The van der Waals surface area contributed by atoms with Gasteiger partial charge in [0.25, 0.3) is 11.5 Å². The molecular formula is C23H22F2N2O2. The van der Waals surface area contributed by atoms with Crippen molar-refractivity contribution in [2.24, 2.45) is 0 Å². The topological polar surface area (TPSA) is 51.1 Å². The van der Waals surface area contributed by atoms with Crippen molar-refractivity contribution < 1.29 is 13.6 Å². The lowest BCUT2D eigenvalue weighted by molar-refractivity contribution is 0.0934. The average Bonchev–Trinajstić information content (AvgIpc) is 2.98. The Bertz CT molecular complexity index is 1120. The molecular weight excluding hydrogens is 374 g/mol. The minimum atomic E-state index is -0.863. The smallest absolute Gasteiger partial charge is 0.263 e. The zero-order valence-electron chi connectivity index (χ0n) is 16.0. The van der Waals surface area contributed by atoms with Gasteiger partial charge in [-0.3, -0.25) is 14.2 Å². The summed E-state index contributed by atoms with van der Waals surface area (Å²) < 4.78 is 28.8. The first kappa shape index (κ1) is 19.3. The molecule has 4 nitrogen and oxygen atoms in total. The van der Waals surface area contributed by atoms with E-state index in [1.807, 2.05) is 0 Å². The van der Waals surface area contributed by atoms with Gasteiger partial charge in [0.15, 0.2) is 0 Å². The molecule has 1 aliphatic carbocycles. The van der Waals surface area contributed by atoms with Crippen LogP contribution in [0.15, 0.2) is 53.5 Å². The van der Waals surface area contributed by atoms with Crippen LogP contribution in [-0.4, -0.2) is 16.5 Å². The van der Waals surface area contributed by atoms with Gasteiger partial charge in [-0.15, -0.1) is 0 Å². The predicted octanol–water partition coefficient (Wildman–Crippen LogP) is 4.72. The molecule has 1 saturated carbocycles. The Hall–Kier alpha value is -3.02. The minimum absolute atomic E-state index is 0.0895. The maximum atomic E-state index is 14.4. The highest BCUT2D eigenvalue weighted by Gasteiger charge is 2.20. The second kappa shape index (κ2) is 8.15. The van der Waals surface area contributed by atoms with Crippen LogP contribution >= 0.6 is 0 Å². The first-order valence-corrected chi connectivity index (χ1v) is 9.95. The van der Waals surface area contributed by atoms with Crippen LogP contribution in [0, 0.1) is 11.6 Å². The Morgan fingerprint density at radius 3 is 2.34 bits per heavy atom. The van der Waals surface area contributed by atoms with Crippen LogP contribution in [0.1, 0.15) is 48.9 Å². The minimum Gasteiger partial charge on any atom is -0.349 e. The molecule has 1 aliphatic rings. The molecule has 1 heterocycles. The lowest BCUT2D eigenvalue weighted by Crippen LogP contribution is -2.35. The van der Waals surface area contributed by atoms with Crippen molar-refractivity contribution in [3.63, 3.8) is 0 Å². The van der Waals surface area contributed by atoms with Gasteiger partial charge in [0.2, 0.25) is 0 Å². The Balaban J connectivity index is 1.81. The third-order valence-corrected chi connectivity index (χ3v) is 5.53. The number of aromatic nitrogens is 1. The van der Waals surface area contributed by atoms with E-state index >= 15 is 0 Å². The molecule has 0 atom stereocenters. The van der Waals surface area contributed by atoms with Gasteiger partial charge in [0, 0.05) is 29.1 Å². The molecule has 4 rings (SSSR count). The van der Waals surface area contributed by atoms with Crippen molar-refractivity contribution >= 4 is 16.7 Å². The molecule has 150 valence electrons. The first-order chi connectivity index (χ1) is 14.0. The Morgan fingerprint density at radius 2 is 1.66 bits per heavy atom. The van der Waals surface area contributed by atoms with Gasteiger partial charge in [-0.1, -0.05) is 43.9 Å². The monoisotopic (exact) mass is 396 g/mol. The van der Waals surface area contributed by atoms with E-state index in [0.29, 0.717) is 16.3 Å². The summed E-state index contributed by atoms with van der Waals surface area (Å²) >= 11 is 0. The lowest BCUT2D eigenvalue weighted by atomic mass is 10.0. The van der Waals surface area contributed by atoms with Crippen molar-refractivity contribution in [2.75, 3.05) is 0 Å². The number of pyridine rings is 1. The molecule has 0 radical (unpaired) electrons. The van der Waals surface area contributed by atoms with E-state index in [1.165, 1.54) is 25.1 Å². The van der Waals surface area contributed by atoms with E-state index in [9.17, 15) is 18.4 Å². The lowest BCUT2D eigenvalue weighted by Gasteiger charge is -2.18. The van der Waals surface area contributed by atoms with Crippen LogP contribution in [0.3, 0.4) is 0 Å². The van der Waals surface area contributed by atoms with E-state index in [0.717, 1.165) is 42.4 Å². The van der Waals surface area contributed by atoms with Crippen LogP contribution in [-0.2, 0) is 0 Å². The second-order valence-corrected chi connectivity index (χ2v) is 7.52. The van der Waals surface area contributed by atoms with Gasteiger partial charge in [0.05, 0.1) is 11.3 Å². The van der Waals surface area contributed by atoms with Gasteiger partial charge in [-0.2, -0.15) is 0 Å². The number of nitrogens with one attached hydrogen (secondary N) is 1. The number of rotatable bonds is 3. The summed E-state index contributed by atoms with van der Waals surface area (Å²) in [6.07, 6.45) is 7.70. The summed E-state index contributed by atoms with van der Waals surface area (Å²) in [5.74, 6) is -1.88. The average molecular weight is 396 g/mol. The quantitative estimate of drug-likeness (QED) is 0.651. The highest BCUT2D eigenvalue weighted by atomic mass is 19.1. The number of hydrogen-bond donors (Lipinski definition) is 1. The van der Waals surface area contributed by atoms with Gasteiger partial charge >= 0.3 is 0 Å². The summed E-state index contributed by atoms with van der Waals surface area (Å²) in [4.78, 5) is 26.0. The molecule has 2 aromatic carbocycles. The third-order valence-electron chi connectivity index (χ3n) is 5.53. The van der Waals surface area contributed by atoms with Crippen LogP contribution in [0.25, 0.3) is 16.5 Å². The fraction of sp³-hybridized carbons (Fsp3) is 0.304. The summed E-state index contributed by atoms with van der Waals surface area (Å²) in [7, 11) is 0. The van der Waals surface area contributed by atoms with E-state index in [2.05, 4.69) is 5.32 Å². The molecule has 3 aromatic rings. The van der Waals surface area contributed by atoms with Gasteiger partial charge in [-0.05, 0) is 31.0 Å². The molecule has 1 aromatic heterocycles. The molecule has 0 unspecified atom stereocenters. The Kier molecular flexibility index (Phi) is 5.43. The van der Waals surface area contributed by atoms with E-state index in [-0.39, 0.29) is 17.6 Å². The molecule has 0 aliphatic heterocycles. The number of nitrogens with zero attached hydrogens (tertiary/aromatic N) is 1. The number of carbonyl (C=O) groups is 1. The van der Waals surface area contributed by atoms with Crippen molar-refractivity contribution in [3.05, 3.63) is 76.2 Å². The normalized spacial score (nSPS) is 15.2. The first-order valence-electron chi connectivity index (χ1n) is 9.95. The number of halogens is 2. The zero-order chi connectivity index (χ0) is 20.4. The summed E-state index contributed by atoms with van der Waals surface area (Å²) in [6, 6.07) is 9.88. The van der Waals surface area contributed by atoms with Crippen molar-refractivity contribution in [2.45, 2.75) is 44.6 Å². The van der Waals surface area contributed by atoms with Gasteiger partial charge in [-0.25, -0.2) is 8.78 Å². The maximum absolute atomic E-state index is 14.4. The number of amides is 1. The third kappa shape index (κ3) is 3.92. The van der Waals surface area contributed by atoms with E-state index < -0.39 is 17.2 Å². The van der Waals surface area contributed by atoms with Gasteiger partial charge in [0.1, 0.15) is 11.6 Å². The van der Waals surface area contributed by atoms with Crippen molar-refractivity contribution in [3.8, 4) is 5.69 Å². The van der Waals surface area contributed by atoms with Crippen LogP contribution in [0.4, 0.5) is 8.78 Å². The molecule has 29 heavy (non-hydrogen) atoms. The molecule has 0 spiro atoms. The second-order valence-electron chi connectivity index (χ2n) is 7.52. The summed E-state index contributed by atoms with van der Waals surface area (Å²) in [6.45, 7) is 0. The van der Waals surface area contributed by atoms with Crippen molar-refractivity contribution in [1.82, 2.24) is 9.88 Å². The number of fused-ring (bicyclic) bond motifs is 1. The predicted molar refractivity (Wildman–Crippen MR) is 108 cm³/mol. The number of benzene rings is 2. The molecule has 6 heteroatoms. The molecule has 1 N–H and O–H groups in total. The van der Waals surface area contributed by atoms with E-state index in [4.69, 9.17) is 0 Å². The Morgan fingerprint density at radius 1 is 0.966 bits per heavy atom. The zero-order valence-corrected chi connectivity index (χ0v) is 16.0. The van der Waals surface area contributed by atoms with Gasteiger partial charge < -0.3 is 5.32 Å². The molecule has 0 bridgehead atoms. The Labute approximate surface area is 167 Å². The summed E-state index contributed by atoms with van der Waals surface area (Å²) in [5.41, 5.74) is -0.254. The van der Waals surface area contributed by atoms with Crippen LogP contribution in [0.5, 0.6) is 0 Å². The largest absolute Gasteiger partial charge is 0.349 e. The summed E-state index contributed by atoms with van der Waals surface area (Å²) in [5, 5.41) is 3.91. The standard InChI is InChI=1S/C23H22F2N2O2/c24-15-11-12-21(20(25)13-15)27-14-19(17-9-5-6-10-18(17)23(27)29)22(28)26-16-7-3-1-2-4-8-16/h5-6,9-14,16H,1-4,7-8H2,(H,26,28). The number of hydrogen-bond acceptors (Lipinski definition) is 2. The van der Waals surface area contributed by atoms with Crippen LogP contribution < -0.4 is 10.9 Å². The van der Waals surface area contributed by atoms with Crippen LogP contribution in [0.2, 0.25) is 0 Å². The van der Waals surface area contributed by atoms with Crippen molar-refractivity contribution in [1.29, 1.82) is 0 Å². The molecule has 0 saturated heterocycles. The SMILES string of the molecule is O=C(NC1CCCCCC1)c1cn(-c2ccc(F)cc2F)c(=O)c2ccccc12. The van der Waals surface area contributed by atoms with E-state index in [1.54, 1.807) is 24.3 Å². The maximum Gasteiger partial charge on any atom is 0.263 e. The molecule has 1 amide bonds. The fourth-order valence-electron chi connectivity index (χ4n) is 4.01. The highest BCUT2D eigenvalue weighted by molar-refractivity contribution is 6.06. The highest BCUT2D eigenvalue weighted by Crippen LogP contribution is 2.22. The number of carbonyl (C=O) groups excluding carboxylic acids is 1. The molecule has 1 fully saturated rings.